The molecule has 2 aromatic carbocycles. The van der Waals surface area contributed by atoms with Gasteiger partial charge in [-0.1, -0.05) is 6.07 Å². The monoisotopic (exact) mass is 370 g/mol. The maximum Gasteiger partial charge on any atom is 0.243 e. The van der Waals surface area contributed by atoms with Crippen molar-refractivity contribution in [3.63, 3.8) is 0 Å². The Labute approximate surface area is 144 Å². The number of carbonyl (C=O) groups is 1. The summed E-state index contributed by atoms with van der Waals surface area (Å²) in [6.07, 6.45) is 0. The van der Waals surface area contributed by atoms with E-state index in [-0.39, 0.29) is 4.90 Å². The van der Waals surface area contributed by atoms with E-state index < -0.39 is 39.8 Å². The van der Waals surface area contributed by atoms with Crippen LogP contribution in [0.15, 0.2) is 47.4 Å². The first-order valence-corrected chi connectivity index (χ1v) is 8.54. The maximum absolute atomic E-state index is 13.5. The molecule has 0 aliphatic carbocycles. The van der Waals surface area contributed by atoms with Gasteiger partial charge in [0.05, 0.1) is 18.6 Å². The minimum Gasteiger partial charge on any atom is -0.497 e. The first kappa shape index (κ1) is 18.8. The van der Waals surface area contributed by atoms with Gasteiger partial charge in [0.1, 0.15) is 23.1 Å². The lowest BCUT2D eigenvalue weighted by Crippen LogP contribution is -2.35. The molecule has 0 bridgehead atoms. The van der Waals surface area contributed by atoms with Gasteiger partial charge < -0.3 is 10.1 Å². The molecule has 25 heavy (non-hydrogen) atoms. The Morgan fingerprint density at radius 1 is 1.12 bits per heavy atom. The van der Waals surface area contributed by atoms with Crippen molar-refractivity contribution in [3.8, 4) is 5.75 Å². The summed E-state index contributed by atoms with van der Waals surface area (Å²) in [6.45, 7) is -0.609. The molecule has 0 unspecified atom stereocenters. The molecule has 0 aliphatic rings. The minimum atomic E-state index is -3.94. The number of amides is 1. The van der Waals surface area contributed by atoms with E-state index in [0.717, 1.165) is 22.5 Å². The number of para-hydroxylation sites is 1. The predicted octanol–water partition coefficient (Wildman–Crippen LogP) is 2.23. The number of likely N-dealkylation sites (N-methyl/N-ethyl adjacent to an activating group) is 1. The van der Waals surface area contributed by atoms with E-state index in [0.29, 0.717) is 5.75 Å². The number of benzene rings is 2. The minimum absolute atomic E-state index is 0.0410. The quantitative estimate of drug-likeness (QED) is 0.846. The van der Waals surface area contributed by atoms with E-state index in [4.69, 9.17) is 4.74 Å². The number of ether oxygens (including phenoxy) is 1. The first-order chi connectivity index (χ1) is 11.8. The molecule has 1 N–H and O–H groups in total. The molecule has 0 spiro atoms. The summed E-state index contributed by atoms with van der Waals surface area (Å²) < 4.78 is 57.6. The molecule has 134 valence electrons. The fourth-order valence-electron chi connectivity index (χ4n) is 2.01. The second kappa shape index (κ2) is 7.58. The lowest BCUT2D eigenvalue weighted by atomic mass is 10.3. The van der Waals surface area contributed by atoms with Crippen molar-refractivity contribution in [3.05, 3.63) is 54.1 Å². The highest BCUT2D eigenvalue weighted by Gasteiger charge is 2.23. The molecule has 0 aromatic heterocycles. The Bertz CT molecular complexity index is 850. The Morgan fingerprint density at radius 2 is 1.68 bits per heavy atom. The van der Waals surface area contributed by atoms with E-state index in [1.54, 1.807) is 0 Å². The van der Waals surface area contributed by atoms with Crippen molar-refractivity contribution in [2.45, 2.75) is 4.90 Å². The highest BCUT2D eigenvalue weighted by molar-refractivity contribution is 7.89. The Balaban J connectivity index is 2.11. The molecule has 0 heterocycles. The van der Waals surface area contributed by atoms with Gasteiger partial charge in [-0.3, -0.25) is 4.79 Å². The van der Waals surface area contributed by atoms with Crippen molar-refractivity contribution < 1.29 is 26.7 Å². The van der Waals surface area contributed by atoms with Crippen LogP contribution in [0.25, 0.3) is 0 Å². The number of nitrogens with one attached hydrogen (secondary N) is 1. The average molecular weight is 370 g/mol. The molecule has 0 fully saturated rings. The van der Waals surface area contributed by atoms with Gasteiger partial charge in [0.25, 0.3) is 0 Å². The lowest BCUT2D eigenvalue weighted by molar-refractivity contribution is -0.116. The number of halogens is 2. The lowest BCUT2D eigenvalue weighted by Gasteiger charge is -2.17. The summed E-state index contributed by atoms with van der Waals surface area (Å²) >= 11 is 0. The zero-order valence-corrected chi connectivity index (χ0v) is 14.3. The predicted molar refractivity (Wildman–Crippen MR) is 87.8 cm³/mol. The number of hydrogen-bond donors (Lipinski definition) is 1. The largest absolute Gasteiger partial charge is 0.497 e. The molecule has 0 saturated carbocycles. The summed E-state index contributed by atoms with van der Waals surface area (Å²) in [6, 6.07) is 8.72. The normalized spacial score (nSPS) is 11.4. The molecule has 0 aliphatic heterocycles. The van der Waals surface area contributed by atoms with Crippen LogP contribution in [-0.2, 0) is 14.8 Å². The molecule has 0 saturated heterocycles. The summed E-state index contributed by atoms with van der Waals surface area (Å²) in [5.41, 5.74) is -0.622. The van der Waals surface area contributed by atoms with Gasteiger partial charge in [-0.05, 0) is 36.4 Å². The molecule has 0 radical (unpaired) electrons. The van der Waals surface area contributed by atoms with Crippen molar-refractivity contribution in [2.24, 2.45) is 0 Å². The molecule has 2 rings (SSSR count). The molecule has 0 atom stereocenters. The SMILES string of the molecule is COc1ccc(S(=O)(=O)N(C)CC(=O)Nc2c(F)cccc2F)cc1. The summed E-state index contributed by atoms with van der Waals surface area (Å²) in [5.74, 6) is -2.29. The number of nitrogens with zero attached hydrogens (tertiary/aromatic N) is 1. The number of rotatable bonds is 6. The van der Waals surface area contributed by atoms with Gasteiger partial charge >= 0.3 is 0 Å². The Hall–Kier alpha value is -2.52. The van der Waals surface area contributed by atoms with Crippen molar-refractivity contribution in [1.82, 2.24) is 4.31 Å². The number of anilines is 1. The second-order valence-corrected chi connectivity index (χ2v) is 7.13. The van der Waals surface area contributed by atoms with Gasteiger partial charge in [0, 0.05) is 7.05 Å². The fourth-order valence-corrected chi connectivity index (χ4v) is 3.14. The molecular weight excluding hydrogens is 354 g/mol. The van der Waals surface area contributed by atoms with Gasteiger partial charge in [-0.2, -0.15) is 4.31 Å². The maximum atomic E-state index is 13.5. The van der Waals surface area contributed by atoms with Crippen LogP contribution >= 0.6 is 0 Å². The van der Waals surface area contributed by atoms with Crippen LogP contribution in [-0.4, -0.2) is 39.3 Å². The summed E-state index contributed by atoms with van der Waals surface area (Å²) in [4.78, 5) is 11.9. The van der Waals surface area contributed by atoms with Gasteiger partial charge in [0.2, 0.25) is 15.9 Å². The summed E-state index contributed by atoms with van der Waals surface area (Å²) in [7, 11) is -1.30. The second-order valence-electron chi connectivity index (χ2n) is 5.08. The third kappa shape index (κ3) is 4.31. The standard InChI is InChI=1S/C16H16F2N2O4S/c1-20(25(22,23)12-8-6-11(24-2)7-9-12)10-15(21)19-16-13(17)4-3-5-14(16)18/h3-9H,10H2,1-2H3,(H,19,21). The van der Waals surface area contributed by atoms with Crippen molar-refractivity contribution >= 4 is 21.6 Å². The number of carbonyl (C=O) groups excluding carboxylic acids is 1. The van der Waals surface area contributed by atoms with E-state index in [1.807, 2.05) is 5.32 Å². The van der Waals surface area contributed by atoms with Crippen LogP contribution in [0.3, 0.4) is 0 Å². The van der Waals surface area contributed by atoms with Gasteiger partial charge in [0.15, 0.2) is 0 Å². The molecule has 6 nitrogen and oxygen atoms in total. The van der Waals surface area contributed by atoms with Crippen LogP contribution < -0.4 is 10.1 Å². The zero-order valence-electron chi connectivity index (χ0n) is 13.5. The van der Waals surface area contributed by atoms with Gasteiger partial charge in [-0.15, -0.1) is 0 Å². The smallest absolute Gasteiger partial charge is 0.243 e. The van der Waals surface area contributed by atoms with E-state index in [2.05, 4.69) is 0 Å². The summed E-state index contributed by atoms with van der Waals surface area (Å²) in [5, 5.41) is 2.04. The fraction of sp³-hybridized carbons (Fsp3) is 0.188. The number of hydrogen-bond acceptors (Lipinski definition) is 4. The average Bonchev–Trinajstić information content (AvgIpc) is 2.58. The van der Waals surface area contributed by atoms with E-state index in [9.17, 15) is 22.0 Å². The van der Waals surface area contributed by atoms with E-state index in [1.165, 1.54) is 38.4 Å². The Kier molecular flexibility index (Phi) is 5.70. The van der Waals surface area contributed by atoms with Crippen LogP contribution in [0.2, 0.25) is 0 Å². The highest BCUT2D eigenvalue weighted by Crippen LogP contribution is 2.20. The highest BCUT2D eigenvalue weighted by atomic mass is 32.2. The van der Waals surface area contributed by atoms with Gasteiger partial charge in [-0.25, -0.2) is 17.2 Å². The molecular formula is C16H16F2N2O4S. The van der Waals surface area contributed by atoms with E-state index >= 15 is 0 Å². The van der Waals surface area contributed by atoms with Crippen molar-refractivity contribution in [1.29, 1.82) is 0 Å². The third-order valence-electron chi connectivity index (χ3n) is 3.36. The van der Waals surface area contributed by atoms with Crippen LogP contribution in [0.1, 0.15) is 0 Å². The molecule has 1 amide bonds. The van der Waals surface area contributed by atoms with Crippen LogP contribution in [0.5, 0.6) is 5.75 Å². The van der Waals surface area contributed by atoms with Crippen LogP contribution in [0, 0.1) is 11.6 Å². The number of methoxy groups -OCH3 is 1. The van der Waals surface area contributed by atoms with Crippen LogP contribution in [0.4, 0.5) is 14.5 Å². The molecule has 9 heteroatoms. The topological polar surface area (TPSA) is 75.7 Å². The zero-order chi connectivity index (χ0) is 18.6. The molecule has 2 aromatic rings. The Morgan fingerprint density at radius 3 is 2.20 bits per heavy atom. The van der Waals surface area contributed by atoms with Crippen molar-refractivity contribution in [2.75, 3.05) is 26.0 Å². The first-order valence-electron chi connectivity index (χ1n) is 7.10. The number of sulfonamides is 1. The third-order valence-corrected chi connectivity index (χ3v) is 5.18.